The highest BCUT2D eigenvalue weighted by Crippen LogP contribution is 2.27. The zero-order valence-electron chi connectivity index (χ0n) is 20.6. The van der Waals surface area contributed by atoms with E-state index in [4.69, 9.17) is 14.7 Å². The van der Waals surface area contributed by atoms with Gasteiger partial charge in [0.2, 0.25) is 0 Å². The normalized spacial score (nSPS) is 16.6. The first-order valence-electron chi connectivity index (χ1n) is 12.5. The lowest BCUT2D eigenvalue weighted by Crippen LogP contribution is -2.38. The maximum absolute atomic E-state index is 12.6. The summed E-state index contributed by atoms with van der Waals surface area (Å²) >= 11 is 0. The molecular weight excluding hydrogens is 458 g/mol. The van der Waals surface area contributed by atoms with Gasteiger partial charge < -0.3 is 9.30 Å². The average molecular weight is 488 g/mol. The Morgan fingerprint density at radius 3 is 2.39 bits per heavy atom. The molecule has 0 aliphatic carbocycles. The molecule has 0 atom stereocenters. The van der Waals surface area contributed by atoms with E-state index in [1.165, 1.54) is 10.6 Å². The van der Waals surface area contributed by atoms with Gasteiger partial charge in [0.25, 0.3) is 11.8 Å². The lowest BCUT2D eigenvalue weighted by molar-refractivity contribution is 0.0364. The van der Waals surface area contributed by atoms with Crippen LogP contribution >= 0.6 is 0 Å². The van der Waals surface area contributed by atoms with Gasteiger partial charge in [0.05, 0.1) is 29.7 Å². The molecule has 2 aliphatic heterocycles. The molecule has 0 bridgehead atoms. The van der Waals surface area contributed by atoms with E-state index in [2.05, 4.69) is 28.4 Å². The first-order chi connectivity index (χ1) is 17.5. The Bertz CT molecular complexity index is 1450. The van der Waals surface area contributed by atoms with Crippen LogP contribution < -0.4 is 0 Å². The molecule has 0 radical (unpaired) electrons. The molecule has 2 aliphatic rings. The van der Waals surface area contributed by atoms with Crippen molar-refractivity contribution < 1.29 is 14.3 Å². The van der Waals surface area contributed by atoms with Crippen LogP contribution in [0.5, 0.6) is 0 Å². The number of ether oxygens (including phenoxy) is 1. The number of benzene rings is 1. The summed E-state index contributed by atoms with van der Waals surface area (Å²) in [6.07, 6.45) is 2.88. The van der Waals surface area contributed by atoms with Crippen LogP contribution in [0.3, 0.4) is 0 Å². The number of amides is 2. The van der Waals surface area contributed by atoms with Crippen molar-refractivity contribution in [1.82, 2.24) is 33.9 Å². The number of morpholine rings is 1. The van der Waals surface area contributed by atoms with Gasteiger partial charge in [-0.2, -0.15) is 0 Å². The lowest BCUT2D eigenvalue weighted by atomic mass is 10.1. The number of hydrogen-bond acceptors (Lipinski definition) is 7. The third-order valence-electron chi connectivity index (χ3n) is 7.39. The summed E-state index contributed by atoms with van der Waals surface area (Å²) in [7, 11) is 0. The zero-order valence-corrected chi connectivity index (χ0v) is 20.6. The molecule has 1 aromatic carbocycles. The van der Waals surface area contributed by atoms with Gasteiger partial charge >= 0.3 is 0 Å². The van der Waals surface area contributed by atoms with Crippen LogP contribution in [-0.2, 0) is 17.7 Å². The monoisotopic (exact) mass is 487 g/mol. The topological polar surface area (TPSA) is 97.9 Å². The Morgan fingerprint density at radius 1 is 0.944 bits per heavy atom. The van der Waals surface area contributed by atoms with Gasteiger partial charge in [-0.3, -0.25) is 19.4 Å². The van der Waals surface area contributed by atoms with Crippen LogP contribution in [-0.4, -0.2) is 85.2 Å². The second-order valence-corrected chi connectivity index (χ2v) is 9.47. The van der Waals surface area contributed by atoms with E-state index in [0.29, 0.717) is 36.3 Å². The summed E-state index contributed by atoms with van der Waals surface area (Å²) < 4.78 is 9.48. The van der Waals surface area contributed by atoms with E-state index in [0.717, 1.165) is 61.6 Å². The van der Waals surface area contributed by atoms with Crippen molar-refractivity contribution in [2.24, 2.45) is 0 Å². The van der Waals surface area contributed by atoms with Gasteiger partial charge in [0.15, 0.2) is 11.5 Å². The van der Waals surface area contributed by atoms with Crippen molar-refractivity contribution in [1.29, 1.82) is 0 Å². The molecule has 3 aromatic heterocycles. The summed E-state index contributed by atoms with van der Waals surface area (Å²) in [6.45, 7) is 9.90. The smallest absolute Gasteiger partial charge is 0.261 e. The van der Waals surface area contributed by atoms with Gasteiger partial charge in [-0.25, -0.2) is 14.5 Å². The van der Waals surface area contributed by atoms with Gasteiger partial charge in [-0.15, -0.1) is 5.10 Å². The molecule has 36 heavy (non-hydrogen) atoms. The maximum Gasteiger partial charge on any atom is 0.261 e. The highest BCUT2D eigenvalue weighted by Gasteiger charge is 2.34. The molecule has 2 amide bonds. The van der Waals surface area contributed by atoms with Crippen molar-refractivity contribution >= 4 is 28.5 Å². The van der Waals surface area contributed by atoms with E-state index in [-0.39, 0.29) is 11.8 Å². The fourth-order valence-electron chi connectivity index (χ4n) is 5.26. The molecule has 1 fully saturated rings. The SMILES string of the molecule is Cc1c(C)n(CCN2CCOCC2)c2ncn3nc(CCCN4C(=O)c5ccccc5C4=O)nc3c12. The molecule has 10 nitrogen and oxygen atoms in total. The molecule has 10 heteroatoms. The number of nitrogens with zero attached hydrogens (tertiary/aromatic N) is 7. The second-order valence-electron chi connectivity index (χ2n) is 9.47. The minimum absolute atomic E-state index is 0.228. The predicted octanol–water partition coefficient (Wildman–Crippen LogP) is 2.26. The minimum Gasteiger partial charge on any atom is -0.379 e. The number of hydrogen-bond donors (Lipinski definition) is 0. The van der Waals surface area contributed by atoms with E-state index in [9.17, 15) is 9.59 Å². The summed E-state index contributed by atoms with van der Waals surface area (Å²) in [6, 6.07) is 6.97. The Morgan fingerprint density at radius 2 is 1.67 bits per heavy atom. The van der Waals surface area contributed by atoms with Crippen molar-refractivity contribution in [3.05, 3.63) is 58.8 Å². The molecule has 0 spiro atoms. The molecule has 0 unspecified atom stereocenters. The van der Waals surface area contributed by atoms with Gasteiger partial charge in [-0.05, 0) is 38.0 Å². The van der Waals surface area contributed by atoms with Crippen molar-refractivity contribution in [3.63, 3.8) is 0 Å². The molecule has 6 rings (SSSR count). The third-order valence-corrected chi connectivity index (χ3v) is 7.39. The summed E-state index contributed by atoms with van der Waals surface area (Å²) in [4.78, 5) is 38.5. The minimum atomic E-state index is -0.228. The largest absolute Gasteiger partial charge is 0.379 e. The Kier molecular flexibility index (Phi) is 5.77. The lowest BCUT2D eigenvalue weighted by Gasteiger charge is -2.26. The summed E-state index contributed by atoms with van der Waals surface area (Å²) in [5.74, 6) is 0.224. The van der Waals surface area contributed by atoms with Gasteiger partial charge in [-0.1, -0.05) is 12.1 Å². The van der Waals surface area contributed by atoms with Crippen molar-refractivity contribution in [2.75, 3.05) is 39.4 Å². The van der Waals surface area contributed by atoms with E-state index in [1.807, 2.05) is 0 Å². The fourth-order valence-corrected chi connectivity index (χ4v) is 5.26. The highest BCUT2D eigenvalue weighted by atomic mass is 16.5. The number of fused-ring (bicyclic) bond motifs is 4. The zero-order chi connectivity index (χ0) is 24.8. The van der Waals surface area contributed by atoms with Gasteiger partial charge in [0.1, 0.15) is 12.0 Å². The van der Waals surface area contributed by atoms with Crippen LogP contribution in [0, 0.1) is 13.8 Å². The van der Waals surface area contributed by atoms with Crippen LogP contribution in [0.25, 0.3) is 16.7 Å². The Balaban J connectivity index is 1.19. The van der Waals surface area contributed by atoms with Crippen molar-refractivity contribution in [3.8, 4) is 0 Å². The maximum atomic E-state index is 12.6. The standard InChI is InChI=1S/C26H29N7O3/c1-17-18(2)31(11-10-30-12-14-36-15-13-30)23-22(17)24-28-21(29-33(24)16-27-23)8-5-9-32-25(34)19-6-3-4-7-20(19)26(32)35/h3-4,6-7,16H,5,8-15H2,1-2H3. The molecule has 5 heterocycles. The van der Waals surface area contributed by atoms with E-state index in [1.54, 1.807) is 35.1 Å². The molecule has 1 saturated heterocycles. The number of rotatable bonds is 7. The Hall–Kier alpha value is -3.63. The van der Waals surface area contributed by atoms with Gasteiger partial charge in [0, 0.05) is 44.8 Å². The Labute approximate surface area is 208 Å². The van der Waals surface area contributed by atoms with Crippen LogP contribution in [0.4, 0.5) is 0 Å². The van der Waals surface area contributed by atoms with Crippen LogP contribution in [0.2, 0.25) is 0 Å². The summed E-state index contributed by atoms with van der Waals surface area (Å²) in [5, 5.41) is 5.65. The number of carbonyl (C=O) groups excluding carboxylic acids is 2. The first-order valence-corrected chi connectivity index (χ1v) is 12.5. The fraction of sp³-hybridized carbons (Fsp3) is 0.423. The van der Waals surface area contributed by atoms with E-state index < -0.39 is 0 Å². The highest BCUT2D eigenvalue weighted by molar-refractivity contribution is 6.21. The van der Waals surface area contributed by atoms with E-state index >= 15 is 0 Å². The number of imide groups is 1. The quantitative estimate of drug-likeness (QED) is 0.369. The molecular formula is C26H29N7O3. The number of aromatic nitrogens is 5. The average Bonchev–Trinajstić information content (AvgIpc) is 3.50. The van der Waals surface area contributed by atoms with Crippen molar-refractivity contribution in [2.45, 2.75) is 33.2 Å². The molecule has 186 valence electrons. The predicted molar refractivity (Wildman–Crippen MR) is 133 cm³/mol. The number of aryl methyl sites for hydroxylation is 2. The first kappa shape index (κ1) is 22.8. The molecule has 0 saturated carbocycles. The molecule has 0 N–H and O–H groups in total. The van der Waals surface area contributed by atoms with Crippen LogP contribution in [0.1, 0.15) is 44.2 Å². The number of carbonyl (C=O) groups is 2. The second kappa shape index (κ2) is 9.11. The molecule has 4 aromatic rings. The summed E-state index contributed by atoms with van der Waals surface area (Å²) in [5.41, 5.74) is 5.03. The third kappa shape index (κ3) is 3.77. The van der Waals surface area contributed by atoms with Crippen LogP contribution in [0.15, 0.2) is 30.6 Å².